The third-order valence-corrected chi connectivity index (χ3v) is 5.77. The van der Waals surface area contributed by atoms with Gasteiger partial charge in [-0.15, -0.1) is 0 Å². The number of benzene rings is 1. The molecule has 0 saturated carbocycles. The molecule has 1 heterocycles. The molecule has 1 aromatic carbocycles. The van der Waals surface area contributed by atoms with Crippen LogP contribution < -0.4 is 15.5 Å². The van der Waals surface area contributed by atoms with Crippen LogP contribution >= 0.6 is 0 Å². The van der Waals surface area contributed by atoms with Crippen LogP contribution in [-0.4, -0.2) is 42.2 Å². The second kappa shape index (κ2) is 9.41. The average Bonchev–Trinajstić information content (AvgIpc) is 2.80. The van der Waals surface area contributed by atoms with Gasteiger partial charge in [0, 0.05) is 11.5 Å². The summed E-state index contributed by atoms with van der Waals surface area (Å²) >= 11 is 0. The Labute approximate surface area is 196 Å². The van der Waals surface area contributed by atoms with Crippen molar-refractivity contribution in [1.82, 2.24) is 5.32 Å². The van der Waals surface area contributed by atoms with Crippen molar-refractivity contribution in [3.63, 3.8) is 0 Å². The van der Waals surface area contributed by atoms with E-state index in [1.807, 2.05) is 41.5 Å². The van der Waals surface area contributed by atoms with E-state index in [2.05, 4.69) is 5.32 Å². The number of halogens is 2. The molecule has 186 valence electrons. The summed E-state index contributed by atoms with van der Waals surface area (Å²) in [6, 6.07) is 2.02. The molecule has 0 unspecified atom stereocenters. The standard InChI is InChI=1S/C24H38BF2NO5/c1-15(2)13-24(10,28-20(29)31-21(3,4)5)14-30-19-12-17(26)16(11-18(19)27)25-32-22(6,7)23(8,9)33-25/h11-12,15H,13-14H2,1-10H3,(H,28,29)/t24-/m0/s1. The molecule has 1 N–H and O–H groups in total. The molecule has 1 saturated heterocycles. The van der Waals surface area contributed by atoms with Gasteiger partial charge in [-0.1, -0.05) is 13.8 Å². The lowest BCUT2D eigenvalue weighted by atomic mass is 9.78. The van der Waals surface area contributed by atoms with E-state index in [1.54, 1.807) is 27.7 Å². The van der Waals surface area contributed by atoms with Gasteiger partial charge in [0.15, 0.2) is 11.6 Å². The van der Waals surface area contributed by atoms with Gasteiger partial charge in [-0.05, 0) is 73.8 Å². The second-order valence-corrected chi connectivity index (χ2v) is 11.5. The molecule has 0 radical (unpaired) electrons. The maximum absolute atomic E-state index is 14.9. The number of carbonyl (C=O) groups excluding carboxylic acids is 1. The minimum Gasteiger partial charge on any atom is -0.488 e. The van der Waals surface area contributed by atoms with Crippen LogP contribution in [0.4, 0.5) is 13.6 Å². The van der Waals surface area contributed by atoms with Crippen molar-refractivity contribution in [1.29, 1.82) is 0 Å². The largest absolute Gasteiger partial charge is 0.497 e. The Morgan fingerprint density at radius 3 is 2.09 bits per heavy atom. The number of hydrogen-bond donors (Lipinski definition) is 1. The van der Waals surface area contributed by atoms with Crippen LogP contribution in [0.25, 0.3) is 0 Å². The van der Waals surface area contributed by atoms with Gasteiger partial charge >= 0.3 is 13.2 Å². The number of ether oxygens (including phenoxy) is 2. The summed E-state index contributed by atoms with van der Waals surface area (Å²) in [7, 11) is -1.03. The van der Waals surface area contributed by atoms with Crippen molar-refractivity contribution in [3.8, 4) is 5.75 Å². The first-order valence-electron chi connectivity index (χ1n) is 11.3. The topological polar surface area (TPSA) is 66.0 Å². The zero-order valence-electron chi connectivity index (χ0n) is 21.5. The zero-order valence-corrected chi connectivity index (χ0v) is 21.5. The molecular weight excluding hydrogens is 431 g/mol. The minimum absolute atomic E-state index is 0.0321. The Hall–Kier alpha value is -1.87. The van der Waals surface area contributed by atoms with Gasteiger partial charge in [0.2, 0.25) is 0 Å². The van der Waals surface area contributed by atoms with E-state index in [0.29, 0.717) is 6.42 Å². The quantitative estimate of drug-likeness (QED) is 0.572. The first-order chi connectivity index (χ1) is 14.8. The molecule has 1 aliphatic heterocycles. The molecule has 6 nitrogen and oxygen atoms in total. The molecule has 1 aromatic rings. The van der Waals surface area contributed by atoms with Gasteiger partial charge in [0.1, 0.15) is 18.0 Å². The third kappa shape index (κ3) is 7.06. The summed E-state index contributed by atoms with van der Waals surface area (Å²) < 4.78 is 52.5. The number of rotatable bonds is 7. The second-order valence-electron chi connectivity index (χ2n) is 11.5. The Balaban J connectivity index is 2.18. The number of hydrogen-bond acceptors (Lipinski definition) is 5. The van der Waals surface area contributed by atoms with E-state index in [-0.39, 0.29) is 23.7 Å². The fraction of sp³-hybridized carbons (Fsp3) is 0.708. The van der Waals surface area contributed by atoms with Gasteiger partial charge in [0.25, 0.3) is 0 Å². The molecule has 0 aromatic heterocycles. The fourth-order valence-corrected chi connectivity index (χ4v) is 3.64. The molecule has 0 aliphatic carbocycles. The van der Waals surface area contributed by atoms with Gasteiger partial charge in [-0.2, -0.15) is 0 Å². The average molecular weight is 469 g/mol. The molecular formula is C24H38BF2NO5. The van der Waals surface area contributed by atoms with Crippen LogP contribution in [0.1, 0.15) is 75.7 Å². The van der Waals surface area contributed by atoms with E-state index < -0.39 is 47.2 Å². The van der Waals surface area contributed by atoms with Gasteiger partial charge in [-0.25, -0.2) is 13.6 Å². The molecule has 0 spiro atoms. The predicted octanol–water partition coefficient (Wildman–Crippen LogP) is 4.97. The molecule has 9 heteroatoms. The van der Waals surface area contributed by atoms with Crippen LogP contribution in [0, 0.1) is 17.6 Å². The summed E-state index contributed by atoms with van der Waals surface area (Å²) in [5.41, 5.74) is -2.91. The summed E-state index contributed by atoms with van der Waals surface area (Å²) in [5.74, 6) is -1.49. The minimum atomic E-state index is -1.03. The van der Waals surface area contributed by atoms with Gasteiger partial charge in [0.05, 0.1) is 16.7 Å². The molecule has 33 heavy (non-hydrogen) atoms. The van der Waals surface area contributed by atoms with Crippen molar-refractivity contribution in [2.75, 3.05) is 6.61 Å². The van der Waals surface area contributed by atoms with Crippen LogP contribution in [0.15, 0.2) is 12.1 Å². The van der Waals surface area contributed by atoms with E-state index in [1.165, 1.54) is 0 Å². The highest BCUT2D eigenvalue weighted by molar-refractivity contribution is 6.62. The molecule has 1 fully saturated rings. The SMILES string of the molecule is CC(C)C[C@@](C)(COc1cc(F)c(B2OC(C)(C)C(C)(C)O2)cc1F)NC(=O)OC(C)(C)C. The smallest absolute Gasteiger partial charge is 0.488 e. The summed E-state index contributed by atoms with van der Waals surface area (Å²) in [5, 5.41) is 2.82. The van der Waals surface area contributed by atoms with E-state index >= 15 is 0 Å². The lowest BCUT2D eigenvalue weighted by Crippen LogP contribution is -2.52. The van der Waals surface area contributed by atoms with Crippen molar-refractivity contribution in [2.45, 2.75) is 98.0 Å². The number of alkyl carbamates (subject to hydrolysis) is 1. The number of amides is 1. The molecule has 1 atom stereocenters. The Kier molecular flexibility index (Phi) is 7.81. The third-order valence-electron chi connectivity index (χ3n) is 5.77. The molecule has 1 amide bonds. The van der Waals surface area contributed by atoms with E-state index in [0.717, 1.165) is 12.1 Å². The maximum atomic E-state index is 14.9. The van der Waals surface area contributed by atoms with Gasteiger partial charge in [-0.3, -0.25) is 0 Å². The molecule has 2 rings (SSSR count). The van der Waals surface area contributed by atoms with Crippen LogP contribution in [0.2, 0.25) is 0 Å². The molecule has 0 bridgehead atoms. The highest BCUT2D eigenvalue weighted by Gasteiger charge is 2.52. The Morgan fingerprint density at radius 1 is 1.06 bits per heavy atom. The van der Waals surface area contributed by atoms with Crippen molar-refractivity contribution in [2.24, 2.45) is 5.92 Å². The first kappa shape index (κ1) is 27.4. The highest BCUT2D eigenvalue weighted by Crippen LogP contribution is 2.37. The monoisotopic (exact) mass is 469 g/mol. The Morgan fingerprint density at radius 2 is 1.61 bits per heavy atom. The van der Waals surface area contributed by atoms with Crippen molar-refractivity contribution < 1.29 is 32.4 Å². The highest BCUT2D eigenvalue weighted by atomic mass is 19.1. The number of nitrogens with one attached hydrogen (secondary N) is 1. The molecule has 1 aliphatic rings. The van der Waals surface area contributed by atoms with Crippen LogP contribution in [0.3, 0.4) is 0 Å². The summed E-state index contributed by atoms with van der Waals surface area (Å²) in [6.07, 6.45) is -0.0560. The fourth-order valence-electron chi connectivity index (χ4n) is 3.64. The van der Waals surface area contributed by atoms with E-state index in [4.69, 9.17) is 18.8 Å². The number of carbonyl (C=O) groups is 1. The van der Waals surface area contributed by atoms with Crippen LogP contribution in [0.5, 0.6) is 5.75 Å². The Bertz CT molecular complexity index is 853. The first-order valence-corrected chi connectivity index (χ1v) is 11.3. The van der Waals surface area contributed by atoms with Gasteiger partial charge < -0.3 is 24.1 Å². The normalized spacial score (nSPS) is 19.4. The summed E-state index contributed by atoms with van der Waals surface area (Å²) in [6.45, 7) is 18.4. The van der Waals surface area contributed by atoms with Crippen LogP contribution in [-0.2, 0) is 14.0 Å². The van der Waals surface area contributed by atoms with Crippen molar-refractivity contribution in [3.05, 3.63) is 23.8 Å². The maximum Gasteiger partial charge on any atom is 0.497 e. The van der Waals surface area contributed by atoms with E-state index in [9.17, 15) is 13.6 Å². The lowest BCUT2D eigenvalue weighted by Gasteiger charge is -2.33. The van der Waals surface area contributed by atoms with Crippen molar-refractivity contribution >= 4 is 18.7 Å². The predicted molar refractivity (Wildman–Crippen MR) is 125 cm³/mol. The zero-order chi connectivity index (χ0) is 25.4. The lowest BCUT2D eigenvalue weighted by molar-refractivity contribution is 0.00578. The summed E-state index contributed by atoms with van der Waals surface area (Å²) in [4.78, 5) is 12.3.